The van der Waals surface area contributed by atoms with Crippen LogP contribution in [-0.4, -0.2) is 14.3 Å². The Labute approximate surface area is 173 Å². The molecular weight excluding hydrogens is 419 g/mol. The standard InChI is InChI=1S/C20H16Cl2N2O3S/c21-15-6-8-16(9-7-15)24-28(26,27)19-13-17(10-11-18(19)22)23-20(25)12-14-4-2-1-3-5-14/h1-11,13,24H,12H2,(H,23,25). The molecule has 0 saturated carbocycles. The fourth-order valence-corrected chi connectivity index (χ4v) is 4.21. The molecule has 8 heteroatoms. The van der Waals surface area contributed by atoms with E-state index in [2.05, 4.69) is 10.0 Å². The first-order chi connectivity index (χ1) is 13.3. The van der Waals surface area contributed by atoms with Crippen LogP contribution in [0.3, 0.4) is 0 Å². The van der Waals surface area contributed by atoms with E-state index in [1.165, 1.54) is 12.1 Å². The Morgan fingerprint density at radius 1 is 0.857 bits per heavy atom. The molecule has 144 valence electrons. The number of hydrogen-bond donors (Lipinski definition) is 2. The monoisotopic (exact) mass is 434 g/mol. The third kappa shape index (κ3) is 5.25. The molecule has 2 N–H and O–H groups in total. The van der Waals surface area contributed by atoms with Gasteiger partial charge < -0.3 is 5.32 Å². The van der Waals surface area contributed by atoms with Gasteiger partial charge in [0.2, 0.25) is 5.91 Å². The molecule has 0 saturated heterocycles. The SMILES string of the molecule is O=C(Cc1ccccc1)Nc1ccc(Cl)c(S(=O)(=O)Nc2ccc(Cl)cc2)c1. The Hall–Kier alpha value is -2.54. The quantitative estimate of drug-likeness (QED) is 0.574. The average molecular weight is 435 g/mol. The molecule has 0 aliphatic rings. The van der Waals surface area contributed by atoms with Crippen LogP contribution in [0.25, 0.3) is 0 Å². The van der Waals surface area contributed by atoms with Crippen molar-refractivity contribution in [2.24, 2.45) is 0 Å². The summed E-state index contributed by atoms with van der Waals surface area (Å²) in [6.45, 7) is 0. The van der Waals surface area contributed by atoms with Gasteiger partial charge in [-0.25, -0.2) is 8.42 Å². The van der Waals surface area contributed by atoms with E-state index >= 15 is 0 Å². The maximum Gasteiger partial charge on any atom is 0.263 e. The van der Waals surface area contributed by atoms with E-state index in [0.29, 0.717) is 16.4 Å². The molecule has 3 rings (SSSR count). The van der Waals surface area contributed by atoms with Gasteiger partial charge >= 0.3 is 0 Å². The zero-order valence-corrected chi connectivity index (χ0v) is 16.9. The zero-order chi connectivity index (χ0) is 20.1. The lowest BCUT2D eigenvalue weighted by molar-refractivity contribution is -0.115. The molecule has 0 aromatic heterocycles. The number of rotatable bonds is 6. The van der Waals surface area contributed by atoms with Crippen LogP contribution in [0, 0.1) is 0 Å². The van der Waals surface area contributed by atoms with E-state index < -0.39 is 10.0 Å². The number of nitrogens with one attached hydrogen (secondary N) is 2. The molecule has 0 fully saturated rings. The molecule has 0 atom stereocenters. The van der Waals surface area contributed by atoms with Gasteiger partial charge in [0.05, 0.1) is 11.4 Å². The van der Waals surface area contributed by atoms with Crippen LogP contribution < -0.4 is 10.0 Å². The first-order valence-corrected chi connectivity index (χ1v) is 10.5. The number of carbonyl (C=O) groups excluding carboxylic acids is 1. The third-order valence-electron chi connectivity index (χ3n) is 3.81. The summed E-state index contributed by atoms with van der Waals surface area (Å²) in [5.41, 5.74) is 1.53. The number of anilines is 2. The summed E-state index contributed by atoms with van der Waals surface area (Å²) in [6.07, 6.45) is 0.175. The van der Waals surface area contributed by atoms with Crippen LogP contribution in [0.4, 0.5) is 11.4 Å². The Balaban J connectivity index is 1.78. The minimum atomic E-state index is -3.95. The van der Waals surface area contributed by atoms with Crippen LogP contribution >= 0.6 is 23.2 Å². The van der Waals surface area contributed by atoms with Crippen molar-refractivity contribution < 1.29 is 13.2 Å². The smallest absolute Gasteiger partial charge is 0.263 e. The Kier molecular flexibility index (Phi) is 6.24. The van der Waals surface area contributed by atoms with Crippen molar-refractivity contribution in [3.63, 3.8) is 0 Å². The summed E-state index contributed by atoms with van der Waals surface area (Å²) in [7, 11) is -3.95. The fraction of sp³-hybridized carbons (Fsp3) is 0.0500. The van der Waals surface area contributed by atoms with Gasteiger partial charge in [-0.05, 0) is 48.0 Å². The van der Waals surface area contributed by atoms with Crippen LogP contribution in [-0.2, 0) is 21.2 Å². The van der Waals surface area contributed by atoms with Crippen molar-refractivity contribution in [2.75, 3.05) is 10.0 Å². The number of sulfonamides is 1. The molecule has 0 heterocycles. The highest BCUT2D eigenvalue weighted by Crippen LogP contribution is 2.27. The number of amides is 1. The summed E-state index contributed by atoms with van der Waals surface area (Å²) in [4.78, 5) is 12.1. The highest BCUT2D eigenvalue weighted by molar-refractivity contribution is 7.92. The first-order valence-electron chi connectivity index (χ1n) is 8.25. The number of carbonyl (C=O) groups is 1. The lowest BCUT2D eigenvalue weighted by Crippen LogP contribution is -2.16. The Bertz CT molecular complexity index is 1090. The van der Waals surface area contributed by atoms with Crippen molar-refractivity contribution in [2.45, 2.75) is 11.3 Å². The second-order valence-corrected chi connectivity index (χ2v) is 8.46. The Morgan fingerprint density at radius 3 is 2.18 bits per heavy atom. The van der Waals surface area contributed by atoms with Gasteiger partial charge in [-0.15, -0.1) is 0 Å². The normalized spacial score (nSPS) is 11.1. The largest absolute Gasteiger partial charge is 0.326 e. The predicted molar refractivity (Wildman–Crippen MR) is 112 cm³/mol. The van der Waals surface area contributed by atoms with E-state index in [0.717, 1.165) is 5.56 Å². The molecule has 0 radical (unpaired) electrons. The fourth-order valence-electron chi connectivity index (χ4n) is 2.50. The second kappa shape index (κ2) is 8.65. The maximum absolute atomic E-state index is 12.7. The molecule has 0 bridgehead atoms. The zero-order valence-electron chi connectivity index (χ0n) is 14.5. The van der Waals surface area contributed by atoms with E-state index in [9.17, 15) is 13.2 Å². The van der Waals surface area contributed by atoms with E-state index in [-0.39, 0.29) is 22.2 Å². The average Bonchev–Trinajstić information content (AvgIpc) is 2.65. The molecule has 0 aliphatic heterocycles. The number of hydrogen-bond acceptors (Lipinski definition) is 3. The molecule has 0 aliphatic carbocycles. The number of benzene rings is 3. The molecule has 5 nitrogen and oxygen atoms in total. The summed E-state index contributed by atoms with van der Waals surface area (Å²) in [5, 5.41) is 3.23. The summed E-state index contributed by atoms with van der Waals surface area (Å²) in [6, 6.07) is 19.8. The van der Waals surface area contributed by atoms with E-state index in [1.54, 1.807) is 30.3 Å². The number of halogens is 2. The highest BCUT2D eigenvalue weighted by atomic mass is 35.5. The highest BCUT2D eigenvalue weighted by Gasteiger charge is 2.19. The van der Waals surface area contributed by atoms with Gasteiger partial charge in [-0.3, -0.25) is 9.52 Å². The van der Waals surface area contributed by atoms with Gasteiger partial charge in [0.1, 0.15) is 4.90 Å². The third-order valence-corrected chi connectivity index (χ3v) is 5.92. The van der Waals surface area contributed by atoms with Gasteiger partial charge in [-0.1, -0.05) is 53.5 Å². The Morgan fingerprint density at radius 2 is 1.50 bits per heavy atom. The van der Waals surface area contributed by atoms with Crippen LogP contribution in [0.5, 0.6) is 0 Å². The minimum Gasteiger partial charge on any atom is -0.326 e. The van der Waals surface area contributed by atoms with Crippen molar-refractivity contribution in [1.82, 2.24) is 0 Å². The van der Waals surface area contributed by atoms with Gasteiger partial charge in [0.15, 0.2) is 0 Å². The molecule has 28 heavy (non-hydrogen) atoms. The van der Waals surface area contributed by atoms with Crippen LogP contribution in [0.1, 0.15) is 5.56 Å². The van der Waals surface area contributed by atoms with E-state index in [4.69, 9.17) is 23.2 Å². The molecule has 0 unspecified atom stereocenters. The van der Waals surface area contributed by atoms with Crippen molar-refractivity contribution >= 4 is 50.5 Å². The molecule has 3 aromatic carbocycles. The maximum atomic E-state index is 12.7. The van der Waals surface area contributed by atoms with Gasteiger partial charge in [0.25, 0.3) is 10.0 Å². The first kappa shape index (κ1) is 20.2. The van der Waals surface area contributed by atoms with Crippen molar-refractivity contribution in [1.29, 1.82) is 0 Å². The van der Waals surface area contributed by atoms with Gasteiger partial charge in [-0.2, -0.15) is 0 Å². The second-order valence-electron chi connectivity index (χ2n) is 5.97. The molecule has 1 amide bonds. The lowest BCUT2D eigenvalue weighted by Gasteiger charge is -2.12. The van der Waals surface area contributed by atoms with Gasteiger partial charge in [0, 0.05) is 16.4 Å². The summed E-state index contributed by atoms with van der Waals surface area (Å²) in [5.74, 6) is -0.262. The topological polar surface area (TPSA) is 75.3 Å². The molecule has 0 spiro atoms. The van der Waals surface area contributed by atoms with Crippen LogP contribution in [0.2, 0.25) is 10.0 Å². The predicted octanol–water partition coefficient (Wildman–Crippen LogP) is 4.98. The lowest BCUT2D eigenvalue weighted by atomic mass is 10.1. The van der Waals surface area contributed by atoms with Crippen molar-refractivity contribution in [3.05, 3.63) is 88.4 Å². The van der Waals surface area contributed by atoms with E-state index in [1.807, 2.05) is 30.3 Å². The summed E-state index contributed by atoms with van der Waals surface area (Å²) >= 11 is 11.9. The molecular formula is C20H16Cl2N2O3S. The minimum absolute atomic E-state index is 0.0440. The molecule has 3 aromatic rings. The van der Waals surface area contributed by atoms with Crippen LogP contribution in [0.15, 0.2) is 77.7 Å². The van der Waals surface area contributed by atoms with Crippen molar-refractivity contribution in [3.8, 4) is 0 Å². The summed E-state index contributed by atoms with van der Waals surface area (Å²) < 4.78 is 27.8.